The maximum atomic E-state index is 5.69. The summed E-state index contributed by atoms with van der Waals surface area (Å²) in [6.45, 7) is 8.18. The van der Waals surface area contributed by atoms with E-state index in [2.05, 4.69) is 55.1 Å². The van der Waals surface area contributed by atoms with Gasteiger partial charge in [0.1, 0.15) is 5.75 Å². The van der Waals surface area contributed by atoms with Gasteiger partial charge in [-0.25, -0.2) is 0 Å². The monoisotopic (exact) mass is 326 g/mol. The molecule has 0 aromatic heterocycles. The lowest BCUT2D eigenvalue weighted by Crippen LogP contribution is -2.27. The van der Waals surface area contributed by atoms with Gasteiger partial charge in [0.2, 0.25) is 0 Å². The molecule has 0 aliphatic rings. The molecule has 0 heterocycles. The first-order valence-electron chi connectivity index (χ1n) is 8.77. The van der Waals surface area contributed by atoms with Crippen molar-refractivity contribution in [3.8, 4) is 5.75 Å². The number of ether oxygens (including phenoxy) is 1. The second-order valence-electron chi connectivity index (χ2n) is 6.55. The second kappa shape index (κ2) is 9.45. The first kappa shape index (κ1) is 18.5. The van der Waals surface area contributed by atoms with Crippen molar-refractivity contribution in [3.63, 3.8) is 0 Å². The number of nitrogens with zero attached hydrogens (tertiary/aromatic N) is 1. The Balaban J connectivity index is 2.07. The molecule has 2 aromatic carbocycles. The minimum absolute atomic E-state index is 0.600. The zero-order valence-electron chi connectivity index (χ0n) is 15.2. The Morgan fingerprint density at radius 2 is 1.42 bits per heavy atom. The zero-order valence-corrected chi connectivity index (χ0v) is 15.2. The molecule has 130 valence electrons. The average molecular weight is 326 g/mol. The van der Waals surface area contributed by atoms with Crippen molar-refractivity contribution in [2.24, 2.45) is 11.7 Å². The van der Waals surface area contributed by atoms with Gasteiger partial charge >= 0.3 is 0 Å². The first-order valence-corrected chi connectivity index (χ1v) is 8.77. The number of hydrogen-bond acceptors (Lipinski definition) is 3. The van der Waals surface area contributed by atoms with Crippen LogP contribution < -0.4 is 10.5 Å². The smallest absolute Gasteiger partial charge is 0.118 e. The molecule has 0 aliphatic heterocycles. The molecule has 0 radical (unpaired) electrons. The maximum Gasteiger partial charge on any atom is 0.118 e. The van der Waals surface area contributed by atoms with Gasteiger partial charge in [-0.15, -0.1) is 0 Å². The molecule has 1 atom stereocenters. The molecule has 0 bridgehead atoms. The van der Waals surface area contributed by atoms with Crippen LogP contribution in [0.25, 0.3) is 0 Å². The molecule has 0 saturated carbocycles. The van der Waals surface area contributed by atoms with Crippen LogP contribution in [0.3, 0.4) is 0 Å². The number of methoxy groups -OCH3 is 1. The summed E-state index contributed by atoms with van der Waals surface area (Å²) >= 11 is 0. The summed E-state index contributed by atoms with van der Waals surface area (Å²) in [4.78, 5) is 2.52. The molecule has 0 spiro atoms. The van der Waals surface area contributed by atoms with Crippen molar-refractivity contribution in [1.29, 1.82) is 0 Å². The van der Waals surface area contributed by atoms with Crippen LogP contribution in [0.1, 0.15) is 37.0 Å². The fraction of sp³-hybridized carbons (Fsp3) is 0.429. The van der Waals surface area contributed by atoms with E-state index in [1.807, 2.05) is 12.1 Å². The van der Waals surface area contributed by atoms with Crippen LogP contribution in [0.2, 0.25) is 0 Å². The van der Waals surface area contributed by atoms with Crippen molar-refractivity contribution in [2.75, 3.05) is 13.7 Å². The highest BCUT2D eigenvalue weighted by atomic mass is 16.5. The predicted octanol–water partition coefficient (Wildman–Crippen LogP) is 4.20. The molecule has 2 rings (SSSR count). The molecule has 0 aliphatic carbocycles. The standard InChI is InChI=1S/C21H30N2O/c1-4-17(2)14-23(15-19-7-5-18(13-22)6-8-19)16-20-9-11-21(24-3)12-10-20/h5-12,17H,4,13-16,22H2,1-3H3. The van der Waals surface area contributed by atoms with Crippen LogP contribution in [0, 0.1) is 5.92 Å². The van der Waals surface area contributed by atoms with Crippen molar-refractivity contribution in [3.05, 3.63) is 65.2 Å². The zero-order chi connectivity index (χ0) is 17.4. The number of hydrogen-bond donors (Lipinski definition) is 1. The third kappa shape index (κ3) is 5.66. The van der Waals surface area contributed by atoms with Crippen LogP contribution in [0.5, 0.6) is 5.75 Å². The molecule has 0 saturated heterocycles. The first-order chi connectivity index (χ1) is 11.6. The van der Waals surface area contributed by atoms with E-state index in [0.29, 0.717) is 12.5 Å². The molecule has 3 heteroatoms. The normalized spacial score (nSPS) is 12.4. The summed E-state index contributed by atoms with van der Waals surface area (Å²) in [5.41, 5.74) is 9.53. The molecular formula is C21H30N2O. The summed E-state index contributed by atoms with van der Waals surface area (Å²) in [6, 6.07) is 17.0. The Morgan fingerprint density at radius 3 is 1.88 bits per heavy atom. The number of nitrogens with two attached hydrogens (primary N) is 1. The van der Waals surface area contributed by atoms with Gasteiger partial charge in [0.25, 0.3) is 0 Å². The predicted molar refractivity (Wildman–Crippen MR) is 101 cm³/mol. The highest BCUT2D eigenvalue weighted by molar-refractivity contribution is 5.27. The van der Waals surface area contributed by atoms with Crippen LogP contribution in [-0.2, 0) is 19.6 Å². The third-order valence-electron chi connectivity index (χ3n) is 4.50. The highest BCUT2D eigenvalue weighted by Crippen LogP contribution is 2.17. The summed E-state index contributed by atoms with van der Waals surface area (Å²) in [6.07, 6.45) is 1.20. The van der Waals surface area contributed by atoms with Gasteiger partial charge in [0, 0.05) is 26.2 Å². The molecule has 2 aromatic rings. The van der Waals surface area contributed by atoms with E-state index in [1.54, 1.807) is 7.11 Å². The summed E-state index contributed by atoms with van der Waals surface area (Å²) in [7, 11) is 1.70. The topological polar surface area (TPSA) is 38.5 Å². The number of benzene rings is 2. The Kier molecular flexibility index (Phi) is 7.29. The fourth-order valence-electron chi connectivity index (χ4n) is 2.78. The lowest BCUT2D eigenvalue weighted by Gasteiger charge is -2.25. The SMILES string of the molecule is CCC(C)CN(Cc1ccc(CN)cc1)Cc1ccc(OC)cc1. The van der Waals surface area contributed by atoms with Gasteiger partial charge in [-0.3, -0.25) is 4.90 Å². The van der Waals surface area contributed by atoms with Gasteiger partial charge in [-0.05, 0) is 34.7 Å². The van der Waals surface area contributed by atoms with Crippen molar-refractivity contribution >= 4 is 0 Å². The Labute approximate surface area is 146 Å². The van der Waals surface area contributed by atoms with Gasteiger partial charge in [-0.1, -0.05) is 56.7 Å². The van der Waals surface area contributed by atoms with Gasteiger partial charge < -0.3 is 10.5 Å². The van der Waals surface area contributed by atoms with Crippen LogP contribution in [-0.4, -0.2) is 18.6 Å². The van der Waals surface area contributed by atoms with Crippen molar-refractivity contribution < 1.29 is 4.74 Å². The lowest BCUT2D eigenvalue weighted by molar-refractivity contribution is 0.218. The highest BCUT2D eigenvalue weighted by Gasteiger charge is 2.11. The molecule has 24 heavy (non-hydrogen) atoms. The second-order valence-corrected chi connectivity index (χ2v) is 6.55. The van der Waals surface area contributed by atoms with Gasteiger partial charge in [0.15, 0.2) is 0 Å². The van der Waals surface area contributed by atoms with Crippen molar-refractivity contribution in [1.82, 2.24) is 4.90 Å². The Bertz CT molecular complexity index is 543. The van der Waals surface area contributed by atoms with E-state index in [9.17, 15) is 0 Å². The van der Waals surface area contributed by atoms with E-state index >= 15 is 0 Å². The van der Waals surface area contributed by atoms with Crippen molar-refractivity contribution in [2.45, 2.75) is 39.9 Å². The van der Waals surface area contributed by atoms with Gasteiger partial charge in [0.05, 0.1) is 7.11 Å². The fourth-order valence-corrected chi connectivity index (χ4v) is 2.78. The average Bonchev–Trinajstić information content (AvgIpc) is 2.62. The van der Waals surface area contributed by atoms with E-state index in [-0.39, 0.29) is 0 Å². The minimum atomic E-state index is 0.600. The van der Waals surface area contributed by atoms with E-state index in [4.69, 9.17) is 10.5 Å². The minimum Gasteiger partial charge on any atom is -0.497 e. The Morgan fingerprint density at radius 1 is 0.917 bits per heavy atom. The van der Waals surface area contributed by atoms with Crippen LogP contribution in [0.4, 0.5) is 0 Å². The maximum absolute atomic E-state index is 5.69. The van der Waals surface area contributed by atoms with E-state index in [0.717, 1.165) is 25.4 Å². The molecular weight excluding hydrogens is 296 g/mol. The molecule has 2 N–H and O–H groups in total. The molecule has 0 fully saturated rings. The number of rotatable bonds is 9. The largest absolute Gasteiger partial charge is 0.497 e. The summed E-state index contributed by atoms with van der Waals surface area (Å²) < 4.78 is 5.25. The van der Waals surface area contributed by atoms with Crippen LogP contribution >= 0.6 is 0 Å². The third-order valence-corrected chi connectivity index (χ3v) is 4.50. The quantitative estimate of drug-likeness (QED) is 0.750. The lowest BCUT2D eigenvalue weighted by atomic mass is 10.1. The Hall–Kier alpha value is -1.84. The summed E-state index contributed by atoms with van der Waals surface area (Å²) in [5, 5.41) is 0. The van der Waals surface area contributed by atoms with Crippen LogP contribution in [0.15, 0.2) is 48.5 Å². The summed E-state index contributed by atoms with van der Waals surface area (Å²) in [5.74, 6) is 1.59. The molecule has 0 amide bonds. The van der Waals surface area contributed by atoms with E-state index in [1.165, 1.54) is 23.1 Å². The molecule has 1 unspecified atom stereocenters. The molecule has 3 nitrogen and oxygen atoms in total. The van der Waals surface area contributed by atoms with Gasteiger partial charge in [-0.2, -0.15) is 0 Å². The van der Waals surface area contributed by atoms with E-state index < -0.39 is 0 Å².